The lowest BCUT2D eigenvalue weighted by Gasteiger charge is -2.07. The first-order chi connectivity index (χ1) is 8.09. The molecule has 0 aliphatic heterocycles. The Morgan fingerprint density at radius 1 is 1.24 bits per heavy atom. The minimum absolute atomic E-state index is 0.271. The van der Waals surface area contributed by atoms with E-state index in [1.165, 1.54) is 11.1 Å². The number of benzene rings is 1. The average Bonchev–Trinajstić information content (AvgIpc) is 2.29. The fourth-order valence-electron chi connectivity index (χ4n) is 1.72. The summed E-state index contributed by atoms with van der Waals surface area (Å²) < 4.78 is 0. The van der Waals surface area contributed by atoms with Crippen LogP contribution in [0.3, 0.4) is 0 Å². The Kier molecular flexibility index (Phi) is 5.92. The summed E-state index contributed by atoms with van der Waals surface area (Å²) >= 11 is 0. The molecule has 0 unspecified atom stereocenters. The molecule has 2 heteroatoms. The van der Waals surface area contributed by atoms with Crippen molar-refractivity contribution in [3.63, 3.8) is 0 Å². The van der Waals surface area contributed by atoms with E-state index in [-0.39, 0.29) is 5.78 Å². The first kappa shape index (κ1) is 13.9. The summed E-state index contributed by atoms with van der Waals surface area (Å²) in [6.07, 6.45) is 1.61. The van der Waals surface area contributed by atoms with Crippen LogP contribution in [0.15, 0.2) is 24.3 Å². The van der Waals surface area contributed by atoms with Gasteiger partial charge in [0, 0.05) is 13.0 Å². The van der Waals surface area contributed by atoms with Crippen molar-refractivity contribution in [3.05, 3.63) is 35.4 Å². The molecule has 0 amide bonds. The molecular weight excluding hydrogens is 210 g/mol. The van der Waals surface area contributed by atoms with Gasteiger partial charge in [-0.3, -0.25) is 0 Å². The van der Waals surface area contributed by atoms with Crippen molar-refractivity contribution in [3.8, 4) is 0 Å². The van der Waals surface area contributed by atoms with Crippen molar-refractivity contribution in [2.75, 3.05) is 6.54 Å². The molecular formula is C15H23NO. The lowest BCUT2D eigenvalue weighted by Crippen LogP contribution is -2.15. The van der Waals surface area contributed by atoms with Crippen molar-refractivity contribution < 1.29 is 4.79 Å². The van der Waals surface area contributed by atoms with Crippen molar-refractivity contribution in [2.24, 2.45) is 0 Å². The highest BCUT2D eigenvalue weighted by Crippen LogP contribution is 2.14. The highest BCUT2D eigenvalue weighted by atomic mass is 16.1. The van der Waals surface area contributed by atoms with E-state index in [4.69, 9.17) is 0 Å². The van der Waals surface area contributed by atoms with E-state index >= 15 is 0 Å². The number of hydrogen-bond donors (Lipinski definition) is 1. The molecule has 0 fully saturated rings. The maximum atomic E-state index is 10.8. The maximum Gasteiger partial charge on any atom is 0.129 e. The van der Waals surface area contributed by atoms with Crippen LogP contribution in [0.2, 0.25) is 0 Å². The number of rotatable bonds is 7. The van der Waals surface area contributed by atoms with Crippen LogP contribution in [0.1, 0.15) is 50.7 Å². The van der Waals surface area contributed by atoms with Gasteiger partial charge in [-0.05, 0) is 36.9 Å². The standard InChI is InChI=1S/C15H23NO/c1-12(2)15-8-6-14(7-9-15)11-16-10-4-5-13(3)17/h6-9,12,16H,4-5,10-11H2,1-3H3. The van der Waals surface area contributed by atoms with Gasteiger partial charge in [-0.2, -0.15) is 0 Å². The van der Waals surface area contributed by atoms with Gasteiger partial charge in [0.1, 0.15) is 5.78 Å². The summed E-state index contributed by atoms with van der Waals surface area (Å²) in [6.45, 7) is 7.84. The van der Waals surface area contributed by atoms with Crippen LogP contribution in [-0.4, -0.2) is 12.3 Å². The van der Waals surface area contributed by atoms with Gasteiger partial charge in [0.25, 0.3) is 0 Å². The van der Waals surface area contributed by atoms with Crippen LogP contribution in [-0.2, 0) is 11.3 Å². The summed E-state index contributed by atoms with van der Waals surface area (Å²) in [4.78, 5) is 10.8. The molecule has 0 atom stereocenters. The number of carbonyl (C=O) groups excluding carboxylic acids is 1. The largest absolute Gasteiger partial charge is 0.313 e. The Balaban J connectivity index is 2.25. The normalized spacial score (nSPS) is 10.8. The van der Waals surface area contributed by atoms with Gasteiger partial charge in [0.2, 0.25) is 0 Å². The molecule has 0 spiro atoms. The van der Waals surface area contributed by atoms with E-state index in [9.17, 15) is 4.79 Å². The van der Waals surface area contributed by atoms with Gasteiger partial charge in [0.15, 0.2) is 0 Å². The Morgan fingerprint density at radius 3 is 2.41 bits per heavy atom. The number of Topliss-reactive ketones (excluding diaryl/α,β-unsaturated/α-hetero) is 1. The minimum atomic E-state index is 0.271. The van der Waals surface area contributed by atoms with E-state index in [1.807, 2.05) is 0 Å². The Morgan fingerprint density at radius 2 is 1.88 bits per heavy atom. The van der Waals surface area contributed by atoms with Crippen LogP contribution >= 0.6 is 0 Å². The quantitative estimate of drug-likeness (QED) is 0.732. The lowest BCUT2D eigenvalue weighted by molar-refractivity contribution is -0.117. The van der Waals surface area contributed by atoms with Crippen molar-refractivity contribution in [1.82, 2.24) is 5.32 Å². The third-order valence-electron chi connectivity index (χ3n) is 2.86. The van der Waals surface area contributed by atoms with Crippen molar-refractivity contribution >= 4 is 5.78 Å². The monoisotopic (exact) mass is 233 g/mol. The molecule has 0 saturated carbocycles. The average molecular weight is 233 g/mol. The fourth-order valence-corrected chi connectivity index (χ4v) is 1.72. The molecule has 0 saturated heterocycles. The van der Waals surface area contributed by atoms with E-state index in [0.717, 1.165) is 19.5 Å². The summed E-state index contributed by atoms with van der Waals surface area (Å²) in [6, 6.07) is 8.73. The maximum absolute atomic E-state index is 10.8. The molecule has 94 valence electrons. The second kappa shape index (κ2) is 7.23. The third-order valence-corrected chi connectivity index (χ3v) is 2.86. The number of nitrogens with one attached hydrogen (secondary N) is 1. The molecule has 1 rings (SSSR count). The molecule has 0 aliphatic rings. The summed E-state index contributed by atoms with van der Waals surface area (Å²) in [5.74, 6) is 0.862. The molecule has 0 aromatic heterocycles. The summed E-state index contributed by atoms with van der Waals surface area (Å²) in [7, 11) is 0. The molecule has 0 bridgehead atoms. The molecule has 1 aromatic carbocycles. The fraction of sp³-hybridized carbons (Fsp3) is 0.533. The molecule has 2 nitrogen and oxygen atoms in total. The van der Waals surface area contributed by atoms with Crippen molar-refractivity contribution in [2.45, 2.75) is 46.1 Å². The van der Waals surface area contributed by atoms with E-state index in [2.05, 4.69) is 43.4 Å². The molecule has 17 heavy (non-hydrogen) atoms. The van der Waals surface area contributed by atoms with Gasteiger partial charge in [-0.25, -0.2) is 0 Å². The SMILES string of the molecule is CC(=O)CCCNCc1ccc(C(C)C)cc1. The molecule has 0 heterocycles. The number of carbonyl (C=O) groups is 1. The van der Waals surface area contributed by atoms with Crippen LogP contribution in [0.25, 0.3) is 0 Å². The van der Waals surface area contributed by atoms with Crippen LogP contribution in [0, 0.1) is 0 Å². The first-order valence-electron chi connectivity index (χ1n) is 6.38. The second-order valence-electron chi connectivity index (χ2n) is 4.88. The predicted molar refractivity (Wildman–Crippen MR) is 72.2 cm³/mol. The third kappa shape index (κ3) is 5.64. The highest BCUT2D eigenvalue weighted by Gasteiger charge is 1.99. The van der Waals surface area contributed by atoms with E-state index in [0.29, 0.717) is 12.3 Å². The van der Waals surface area contributed by atoms with Gasteiger partial charge in [0.05, 0.1) is 0 Å². The molecule has 1 aromatic rings. The van der Waals surface area contributed by atoms with Gasteiger partial charge in [-0.1, -0.05) is 38.1 Å². The van der Waals surface area contributed by atoms with Crippen LogP contribution < -0.4 is 5.32 Å². The zero-order chi connectivity index (χ0) is 12.7. The van der Waals surface area contributed by atoms with Gasteiger partial charge in [-0.15, -0.1) is 0 Å². The van der Waals surface area contributed by atoms with E-state index in [1.54, 1.807) is 6.92 Å². The molecule has 1 N–H and O–H groups in total. The van der Waals surface area contributed by atoms with Crippen LogP contribution in [0.5, 0.6) is 0 Å². The Hall–Kier alpha value is -1.15. The molecule has 0 radical (unpaired) electrons. The summed E-state index contributed by atoms with van der Waals surface area (Å²) in [5, 5.41) is 3.35. The summed E-state index contributed by atoms with van der Waals surface area (Å²) in [5.41, 5.74) is 2.68. The van der Waals surface area contributed by atoms with Crippen LogP contribution in [0.4, 0.5) is 0 Å². The van der Waals surface area contributed by atoms with Gasteiger partial charge >= 0.3 is 0 Å². The predicted octanol–water partition coefficient (Wildman–Crippen LogP) is 3.27. The second-order valence-corrected chi connectivity index (χ2v) is 4.88. The topological polar surface area (TPSA) is 29.1 Å². The Labute approximate surface area is 104 Å². The lowest BCUT2D eigenvalue weighted by atomic mass is 10.0. The zero-order valence-corrected chi connectivity index (χ0v) is 11.1. The van der Waals surface area contributed by atoms with Gasteiger partial charge < -0.3 is 10.1 Å². The molecule has 0 aliphatic carbocycles. The zero-order valence-electron chi connectivity index (χ0n) is 11.1. The number of ketones is 1. The Bertz CT molecular complexity index is 340. The highest BCUT2D eigenvalue weighted by molar-refractivity contribution is 5.75. The van der Waals surface area contributed by atoms with E-state index < -0.39 is 0 Å². The minimum Gasteiger partial charge on any atom is -0.313 e. The first-order valence-corrected chi connectivity index (χ1v) is 6.38. The smallest absolute Gasteiger partial charge is 0.129 e. The van der Waals surface area contributed by atoms with Crippen molar-refractivity contribution in [1.29, 1.82) is 0 Å². The number of hydrogen-bond acceptors (Lipinski definition) is 2.